The first-order valence-corrected chi connectivity index (χ1v) is 15.5. The number of aromatic nitrogens is 5. The fourth-order valence-corrected chi connectivity index (χ4v) is 8.34. The quantitative estimate of drug-likeness (QED) is 0.369. The number of aryl methyl sites for hydroxylation is 1. The fraction of sp³-hybridized carbons (Fsp3) is 0.562. The van der Waals surface area contributed by atoms with Gasteiger partial charge in [0.05, 0.1) is 24.0 Å². The van der Waals surface area contributed by atoms with E-state index in [1.807, 2.05) is 23.1 Å². The summed E-state index contributed by atoms with van der Waals surface area (Å²) in [6.07, 6.45) is 8.34. The van der Waals surface area contributed by atoms with Crippen LogP contribution in [0.5, 0.6) is 5.88 Å². The molecule has 2 saturated carbocycles. The minimum absolute atomic E-state index is 0.0302. The average molecular weight is 570 g/mol. The van der Waals surface area contributed by atoms with Crippen molar-refractivity contribution < 1.29 is 14.3 Å². The number of carbonyl (C=O) groups is 1. The molecular formula is C32H39N7O3. The first-order valence-electron chi connectivity index (χ1n) is 15.5. The summed E-state index contributed by atoms with van der Waals surface area (Å²) in [5.74, 6) is 2.87. The molecule has 1 unspecified atom stereocenters. The van der Waals surface area contributed by atoms with E-state index in [4.69, 9.17) is 30.2 Å². The Hall–Kier alpha value is -3.50. The van der Waals surface area contributed by atoms with Gasteiger partial charge in [-0.05, 0) is 81.4 Å². The zero-order valence-electron chi connectivity index (χ0n) is 24.5. The Balaban J connectivity index is 1.19. The van der Waals surface area contributed by atoms with Crippen molar-refractivity contribution >= 4 is 28.1 Å². The van der Waals surface area contributed by atoms with E-state index in [1.54, 1.807) is 13.3 Å². The third-order valence-corrected chi connectivity index (χ3v) is 10.3. The second kappa shape index (κ2) is 9.77. The molecule has 1 spiro atoms. The molecule has 2 aliphatic heterocycles. The van der Waals surface area contributed by atoms with Gasteiger partial charge in [0.1, 0.15) is 11.2 Å². The number of carbonyl (C=O) groups excluding carboxylic acids is 1. The van der Waals surface area contributed by atoms with Gasteiger partial charge in [-0.1, -0.05) is 0 Å². The lowest BCUT2D eigenvalue weighted by Crippen LogP contribution is -2.44. The lowest BCUT2D eigenvalue weighted by atomic mass is 9.69. The molecule has 10 nitrogen and oxygen atoms in total. The first-order chi connectivity index (χ1) is 20.4. The number of fused-ring (bicyclic) bond motifs is 4. The molecule has 2 saturated heterocycles. The monoisotopic (exact) mass is 569 g/mol. The van der Waals surface area contributed by atoms with Gasteiger partial charge >= 0.3 is 0 Å². The number of nitrogens with two attached hydrogens (primary N) is 1. The normalized spacial score (nSPS) is 28.7. The highest BCUT2D eigenvalue weighted by Crippen LogP contribution is 2.48. The second-order valence-electron chi connectivity index (χ2n) is 13.0. The minimum Gasteiger partial charge on any atom is -0.481 e. The predicted molar refractivity (Wildman–Crippen MR) is 159 cm³/mol. The van der Waals surface area contributed by atoms with E-state index in [-0.39, 0.29) is 17.6 Å². The molecule has 0 radical (unpaired) electrons. The summed E-state index contributed by atoms with van der Waals surface area (Å²) in [5, 5.41) is 1.04. The van der Waals surface area contributed by atoms with E-state index in [0.717, 1.165) is 105 Å². The van der Waals surface area contributed by atoms with Crippen LogP contribution < -0.4 is 10.5 Å². The topological polar surface area (TPSA) is 113 Å². The molecule has 2 bridgehead atoms. The number of ether oxygens (including phenoxy) is 2. The van der Waals surface area contributed by atoms with Crippen LogP contribution in [0.1, 0.15) is 55.8 Å². The second-order valence-corrected chi connectivity index (χ2v) is 13.0. The highest BCUT2D eigenvalue weighted by atomic mass is 16.5. The molecule has 8 rings (SSSR count). The van der Waals surface area contributed by atoms with Crippen molar-refractivity contribution in [2.24, 2.45) is 23.5 Å². The zero-order valence-corrected chi connectivity index (χ0v) is 24.5. The maximum absolute atomic E-state index is 13.7. The van der Waals surface area contributed by atoms with Gasteiger partial charge in [0, 0.05) is 56.5 Å². The van der Waals surface area contributed by atoms with Gasteiger partial charge in [0.15, 0.2) is 11.5 Å². The highest BCUT2D eigenvalue weighted by molar-refractivity contribution is 5.97. The van der Waals surface area contributed by atoms with Gasteiger partial charge in [-0.25, -0.2) is 9.97 Å². The van der Waals surface area contributed by atoms with Crippen LogP contribution in [0.15, 0.2) is 30.5 Å². The molecule has 4 aromatic rings. The summed E-state index contributed by atoms with van der Waals surface area (Å²) in [5.41, 5.74) is 10.4. The van der Waals surface area contributed by atoms with Crippen LogP contribution in [0.25, 0.3) is 33.7 Å². The van der Waals surface area contributed by atoms with Gasteiger partial charge in [0.25, 0.3) is 5.91 Å². The smallest absolute Gasteiger partial charge is 0.255 e. The SMILES string of the molecule is CCn1c(-c2nc3cc(C(=O)N4CC5C[C@H](C4)[C@@H](N)C5)cnc3n2CC2CC3(CCCO3)C2)cc2ccc(OC)nc21. The standard InChI is InChI=1S/C32H39N7O3/c1-3-38-26(12-21-5-6-27(41-2)36-28(21)38)30-35-25-11-22(31(40)37-16-19-9-23(18-37)24(33)10-19)15-34-29(25)39(30)17-20-13-32(14-20)7-4-8-42-32/h5-6,11-12,15,19-20,23-24H,3-4,7-10,13-14,16-18,33H2,1-2H3/t19?,20?,23-,24+,32?/m1/s1. The molecule has 4 aliphatic rings. The van der Waals surface area contributed by atoms with Crippen LogP contribution in [0, 0.1) is 17.8 Å². The number of hydrogen-bond acceptors (Lipinski definition) is 7. The summed E-state index contributed by atoms with van der Waals surface area (Å²) in [6.45, 7) is 6.05. The third kappa shape index (κ3) is 4.13. The molecule has 3 atom stereocenters. The number of amides is 1. The van der Waals surface area contributed by atoms with Crippen molar-refractivity contribution in [2.75, 3.05) is 26.8 Å². The minimum atomic E-state index is 0.0302. The van der Waals surface area contributed by atoms with E-state index in [2.05, 4.69) is 22.1 Å². The van der Waals surface area contributed by atoms with E-state index >= 15 is 0 Å². The van der Waals surface area contributed by atoms with Crippen LogP contribution in [0.3, 0.4) is 0 Å². The van der Waals surface area contributed by atoms with Crippen molar-refractivity contribution in [3.05, 3.63) is 36.0 Å². The van der Waals surface area contributed by atoms with Crippen molar-refractivity contribution in [2.45, 2.75) is 70.2 Å². The molecule has 0 aromatic carbocycles. The van der Waals surface area contributed by atoms with Crippen molar-refractivity contribution in [3.8, 4) is 17.4 Å². The first kappa shape index (κ1) is 26.2. The Morgan fingerprint density at radius 3 is 2.79 bits per heavy atom. The number of piperidine rings is 1. The number of hydrogen-bond donors (Lipinski definition) is 1. The summed E-state index contributed by atoms with van der Waals surface area (Å²) in [7, 11) is 1.64. The van der Waals surface area contributed by atoms with Gasteiger partial charge < -0.3 is 29.2 Å². The Morgan fingerprint density at radius 1 is 1.14 bits per heavy atom. The van der Waals surface area contributed by atoms with Crippen LogP contribution in [0.4, 0.5) is 0 Å². The van der Waals surface area contributed by atoms with Gasteiger partial charge in [0.2, 0.25) is 5.88 Å². The Bertz CT molecular complexity index is 1680. The van der Waals surface area contributed by atoms with Crippen molar-refractivity contribution in [1.82, 2.24) is 29.0 Å². The summed E-state index contributed by atoms with van der Waals surface area (Å²) in [6, 6.07) is 8.23. The van der Waals surface area contributed by atoms with Gasteiger partial charge in [-0.3, -0.25) is 4.79 Å². The molecule has 42 heavy (non-hydrogen) atoms. The molecule has 10 heteroatoms. The largest absolute Gasteiger partial charge is 0.481 e. The number of rotatable bonds is 6. The molecule has 4 fully saturated rings. The molecular weight excluding hydrogens is 530 g/mol. The Kier molecular flexibility index (Phi) is 6.08. The average Bonchev–Trinajstić information content (AvgIpc) is 3.75. The number of methoxy groups -OCH3 is 1. The Labute approximate surface area is 245 Å². The predicted octanol–water partition coefficient (Wildman–Crippen LogP) is 4.25. The van der Waals surface area contributed by atoms with Gasteiger partial charge in [-0.15, -0.1) is 0 Å². The number of imidazole rings is 1. The van der Waals surface area contributed by atoms with E-state index in [9.17, 15) is 4.79 Å². The molecule has 4 aromatic heterocycles. The molecule has 2 aliphatic carbocycles. The number of likely N-dealkylation sites (tertiary alicyclic amines) is 1. The number of nitrogens with zero attached hydrogens (tertiary/aromatic N) is 6. The number of pyridine rings is 2. The van der Waals surface area contributed by atoms with E-state index in [0.29, 0.717) is 29.2 Å². The van der Waals surface area contributed by atoms with Crippen molar-refractivity contribution in [3.63, 3.8) is 0 Å². The third-order valence-electron chi connectivity index (χ3n) is 10.3. The van der Waals surface area contributed by atoms with E-state index < -0.39 is 0 Å². The van der Waals surface area contributed by atoms with Crippen LogP contribution >= 0.6 is 0 Å². The Morgan fingerprint density at radius 2 is 2.02 bits per heavy atom. The maximum Gasteiger partial charge on any atom is 0.255 e. The van der Waals surface area contributed by atoms with Crippen LogP contribution in [-0.2, 0) is 17.8 Å². The lowest BCUT2D eigenvalue weighted by molar-refractivity contribution is -0.0939. The maximum atomic E-state index is 13.7. The lowest BCUT2D eigenvalue weighted by Gasteiger charge is -2.44. The summed E-state index contributed by atoms with van der Waals surface area (Å²) >= 11 is 0. The summed E-state index contributed by atoms with van der Waals surface area (Å²) in [4.78, 5) is 30.5. The van der Waals surface area contributed by atoms with Crippen LogP contribution in [0.2, 0.25) is 0 Å². The van der Waals surface area contributed by atoms with Crippen molar-refractivity contribution in [1.29, 1.82) is 0 Å². The summed E-state index contributed by atoms with van der Waals surface area (Å²) < 4.78 is 16.0. The van der Waals surface area contributed by atoms with E-state index in [1.165, 1.54) is 0 Å². The van der Waals surface area contributed by atoms with Crippen LogP contribution in [-0.4, -0.2) is 73.3 Å². The fourth-order valence-electron chi connectivity index (χ4n) is 8.34. The van der Waals surface area contributed by atoms with Gasteiger partial charge in [-0.2, -0.15) is 4.98 Å². The zero-order chi connectivity index (χ0) is 28.6. The molecule has 1 amide bonds. The highest BCUT2D eigenvalue weighted by Gasteiger charge is 2.47. The molecule has 220 valence electrons. The molecule has 2 N–H and O–H groups in total. The molecule has 6 heterocycles.